The highest BCUT2D eigenvalue weighted by Gasteiger charge is 2.07. The van der Waals surface area contributed by atoms with Gasteiger partial charge in [-0.25, -0.2) is 4.98 Å². The topological polar surface area (TPSA) is 12.9 Å². The third kappa shape index (κ3) is 3.60. The Labute approximate surface area is 140 Å². The van der Waals surface area contributed by atoms with Crippen LogP contribution in [0.5, 0.6) is 0 Å². The lowest BCUT2D eigenvalue weighted by molar-refractivity contribution is 1.09. The van der Waals surface area contributed by atoms with Crippen LogP contribution in [0.3, 0.4) is 0 Å². The summed E-state index contributed by atoms with van der Waals surface area (Å²) in [6.07, 6.45) is 4.06. The molecule has 1 aromatic heterocycles. The molecule has 3 aromatic rings. The van der Waals surface area contributed by atoms with Gasteiger partial charge in [0.15, 0.2) is 0 Å². The molecular formula is C19H19NS2. The first kappa shape index (κ1) is 15.3. The van der Waals surface area contributed by atoms with E-state index in [9.17, 15) is 0 Å². The molecule has 0 bridgehead atoms. The lowest BCUT2D eigenvalue weighted by atomic mass is 10.0. The van der Waals surface area contributed by atoms with Gasteiger partial charge in [0.2, 0.25) is 0 Å². The highest BCUT2D eigenvalue weighted by molar-refractivity contribution is 8.01. The average molecular weight is 326 g/mol. The largest absolute Gasteiger partial charge is 0.248 e. The Balaban J connectivity index is 1.93. The minimum absolute atomic E-state index is 1.01. The molecular weight excluding hydrogens is 306 g/mol. The van der Waals surface area contributed by atoms with Gasteiger partial charge in [-0.15, -0.1) is 11.3 Å². The van der Waals surface area contributed by atoms with E-state index in [1.54, 1.807) is 11.3 Å². The second-order valence-electron chi connectivity index (χ2n) is 5.11. The molecule has 22 heavy (non-hydrogen) atoms. The Kier molecular flexibility index (Phi) is 4.96. The summed E-state index contributed by atoms with van der Waals surface area (Å²) >= 11 is 3.61. The normalized spacial score (nSPS) is 10.8. The van der Waals surface area contributed by atoms with Gasteiger partial charge in [-0.05, 0) is 41.7 Å². The van der Waals surface area contributed by atoms with Crippen LogP contribution < -0.4 is 0 Å². The van der Waals surface area contributed by atoms with E-state index in [1.165, 1.54) is 30.8 Å². The fourth-order valence-electron chi connectivity index (χ4n) is 2.34. The lowest BCUT2D eigenvalue weighted by Crippen LogP contribution is -1.85. The molecule has 0 amide bonds. The zero-order chi connectivity index (χ0) is 15.4. The fraction of sp³-hybridized carbons (Fsp3) is 0.211. The average Bonchev–Trinajstić information content (AvgIpc) is 3.03. The maximum Gasteiger partial charge on any atom is 0.0934 e. The number of aromatic nitrogens is 1. The molecule has 0 aliphatic carbocycles. The van der Waals surface area contributed by atoms with Crippen LogP contribution in [0.15, 0.2) is 63.8 Å². The molecule has 3 heteroatoms. The molecule has 0 fully saturated rings. The number of hydrogen-bond donors (Lipinski definition) is 0. The zero-order valence-electron chi connectivity index (χ0n) is 12.9. The summed E-state index contributed by atoms with van der Waals surface area (Å²) in [5.74, 6) is 0. The van der Waals surface area contributed by atoms with Crippen LogP contribution in [0.1, 0.15) is 24.4 Å². The molecule has 0 aliphatic heterocycles. The second-order valence-corrected chi connectivity index (χ2v) is 7.60. The molecule has 1 nitrogen and oxygen atoms in total. The van der Waals surface area contributed by atoms with Gasteiger partial charge in [0.05, 0.1) is 15.4 Å². The van der Waals surface area contributed by atoms with Gasteiger partial charge in [0.1, 0.15) is 0 Å². The molecule has 3 rings (SSSR count). The minimum Gasteiger partial charge on any atom is -0.248 e. The molecule has 0 atom stereocenters. The van der Waals surface area contributed by atoms with Gasteiger partial charge < -0.3 is 0 Å². The van der Waals surface area contributed by atoms with Crippen LogP contribution in [0.25, 0.3) is 11.1 Å². The van der Waals surface area contributed by atoms with Crippen molar-refractivity contribution in [3.05, 3.63) is 65.3 Å². The van der Waals surface area contributed by atoms with Crippen molar-refractivity contribution >= 4 is 23.1 Å². The molecule has 0 saturated heterocycles. The Morgan fingerprint density at radius 2 is 1.77 bits per heavy atom. The van der Waals surface area contributed by atoms with Crippen molar-refractivity contribution in [2.24, 2.45) is 0 Å². The number of hydrogen-bond acceptors (Lipinski definition) is 3. The lowest BCUT2D eigenvalue weighted by Gasteiger charge is -2.08. The van der Waals surface area contributed by atoms with Crippen molar-refractivity contribution in [1.29, 1.82) is 0 Å². The summed E-state index contributed by atoms with van der Waals surface area (Å²) in [6.45, 7) is 4.36. The maximum absolute atomic E-state index is 4.45. The quantitative estimate of drug-likeness (QED) is 0.563. The highest BCUT2D eigenvalue weighted by atomic mass is 32.2. The molecule has 1 heterocycles. The van der Waals surface area contributed by atoms with Gasteiger partial charge in [-0.2, -0.15) is 0 Å². The summed E-state index contributed by atoms with van der Waals surface area (Å²) < 4.78 is 1.27. The Bertz CT molecular complexity index is 747. The number of rotatable bonds is 5. The monoisotopic (exact) mass is 325 g/mol. The van der Waals surface area contributed by atoms with Crippen LogP contribution >= 0.6 is 23.1 Å². The van der Waals surface area contributed by atoms with Crippen LogP contribution in [0.4, 0.5) is 0 Å². The van der Waals surface area contributed by atoms with Gasteiger partial charge in [0.25, 0.3) is 0 Å². The summed E-state index contributed by atoms with van der Waals surface area (Å²) in [4.78, 5) is 5.75. The van der Waals surface area contributed by atoms with Crippen LogP contribution in [-0.4, -0.2) is 4.98 Å². The van der Waals surface area contributed by atoms with Crippen LogP contribution in [0, 0.1) is 0 Å². The third-order valence-corrected chi connectivity index (χ3v) is 5.75. The molecule has 0 spiro atoms. The number of aryl methyl sites for hydroxylation is 2. The summed E-state index contributed by atoms with van der Waals surface area (Å²) in [6, 6.07) is 17.5. The maximum atomic E-state index is 4.45. The number of thiazole rings is 1. The summed E-state index contributed by atoms with van der Waals surface area (Å²) in [7, 11) is 0. The van der Waals surface area contributed by atoms with E-state index < -0.39 is 0 Å². The minimum atomic E-state index is 1.01. The Hall–Kier alpha value is -1.58. The van der Waals surface area contributed by atoms with Crippen molar-refractivity contribution in [2.45, 2.75) is 35.8 Å². The first-order chi connectivity index (χ1) is 10.8. The predicted molar refractivity (Wildman–Crippen MR) is 96.9 cm³/mol. The predicted octanol–water partition coefficient (Wildman–Crippen LogP) is 6.09. The molecule has 0 saturated carbocycles. The Morgan fingerprint density at radius 3 is 2.45 bits per heavy atom. The SMILES string of the molecule is CCc1cc(Sc2cnc(CC)s2)cc(-c2ccccc2)c1. The van der Waals surface area contributed by atoms with E-state index in [0.29, 0.717) is 0 Å². The smallest absolute Gasteiger partial charge is 0.0934 e. The summed E-state index contributed by atoms with van der Waals surface area (Å²) in [5.41, 5.74) is 3.95. The van der Waals surface area contributed by atoms with Gasteiger partial charge in [0, 0.05) is 4.90 Å². The molecule has 0 radical (unpaired) electrons. The standard InChI is InChI=1S/C19H19NS2/c1-3-14-10-16(15-8-6-5-7-9-15)12-17(11-14)21-19-13-20-18(4-2)22-19/h5-13H,3-4H2,1-2H3. The van der Waals surface area contributed by atoms with Crippen molar-refractivity contribution in [3.63, 3.8) is 0 Å². The molecule has 0 aliphatic rings. The number of nitrogens with zero attached hydrogens (tertiary/aromatic N) is 1. The fourth-order valence-corrected chi connectivity index (χ4v) is 4.41. The molecule has 0 unspecified atom stereocenters. The van der Waals surface area contributed by atoms with Gasteiger partial charge in [-0.1, -0.05) is 62.0 Å². The Morgan fingerprint density at radius 1 is 0.955 bits per heavy atom. The van der Waals surface area contributed by atoms with Gasteiger partial charge in [-0.3, -0.25) is 0 Å². The van der Waals surface area contributed by atoms with E-state index in [2.05, 4.69) is 67.4 Å². The van der Waals surface area contributed by atoms with E-state index in [1.807, 2.05) is 18.0 Å². The van der Waals surface area contributed by atoms with Crippen molar-refractivity contribution in [2.75, 3.05) is 0 Å². The van der Waals surface area contributed by atoms with Crippen molar-refractivity contribution in [3.8, 4) is 11.1 Å². The number of benzene rings is 2. The third-order valence-electron chi connectivity index (χ3n) is 3.53. The van der Waals surface area contributed by atoms with E-state index in [0.717, 1.165) is 12.8 Å². The van der Waals surface area contributed by atoms with E-state index >= 15 is 0 Å². The first-order valence-electron chi connectivity index (χ1n) is 7.60. The second kappa shape index (κ2) is 7.12. The molecule has 0 N–H and O–H groups in total. The van der Waals surface area contributed by atoms with Crippen molar-refractivity contribution in [1.82, 2.24) is 4.98 Å². The molecule has 2 aromatic carbocycles. The van der Waals surface area contributed by atoms with Crippen LogP contribution in [0.2, 0.25) is 0 Å². The van der Waals surface area contributed by atoms with E-state index in [-0.39, 0.29) is 0 Å². The van der Waals surface area contributed by atoms with E-state index in [4.69, 9.17) is 0 Å². The first-order valence-corrected chi connectivity index (χ1v) is 9.23. The summed E-state index contributed by atoms with van der Waals surface area (Å²) in [5, 5.41) is 1.21. The van der Waals surface area contributed by atoms with Crippen LogP contribution in [-0.2, 0) is 12.8 Å². The van der Waals surface area contributed by atoms with Crippen molar-refractivity contribution < 1.29 is 0 Å². The zero-order valence-corrected chi connectivity index (χ0v) is 14.5. The molecule has 112 valence electrons. The highest BCUT2D eigenvalue weighted by Crippen LogP contribution is 2.35. The van der Waals surface area contributed by atoms with Gasteiger partial charge >= 0.3 is 0 Å².